The Morgan fingerprint density at radius 3 is 2.54 bits per heavy atom. The lowest BCUT2D eigenvalue weighted by molar-refractivity contribution is -0.181. The Morgan fingerprint density at radius 2 is 1.88 bits per heavy atom. The number of hydrogen-bond acceptors (Lipinski definition) is 4. The van der Waals surface area contributed by atoms with Crippen molar-refractivity contribution >= 4 is 16.8 Å². The summed E-state index contributed by atoms with van der Waals surface area (Å²) in [5.41, 5.74) is 1.69. The van der Waals surface area contributed by atoms with Crippen LogP contribution in [-0.4, -0.2) is 54.6 Å². The minimum atomic E-state index is -0.455. The fraction of sp³-hybridized carbons (Fsp3) is 0.500. The van der Waals surface area contributed by atoms with Gasteiger partial charge in [-0.15, -0.1) is 0 Å². The van der Waals surface area contributed by atoms with E-state index in [-0.39, 0.29) is 5.91 Å². The van der Waals surface area contributed by atoms with Crippen LogP contribution in [0.25, 0.3) is 10.9 Å². The van der Waals surface area contributed by atoms with Gasteiger partial charge >= 0.3 is 0 Å². The predicted molar refractivity (Wildman–Crippen MR) is 89.2 cm³/mol. The van der Waals surface area contributed by atoms with E-state index in [0.29, 0.717) is 32.0 Å². The lowest BCUT2D eigenvalue weighted by Gasteiger charge is -2.37. The zero-order valence-electron chi connectivity index (χ0n) is 14.1. The van der Waals surface area contributed by atoms with Crippen LogP contribution in [0.5, 0.6) is 5.75 Å². The molecule has 24 heavy (non-hydrogen) atoms. The van der Waals surface area contributed by atoms with E-state index in [4.69, 9.17) is 14.2 Å². The van der Waals surface area contributed by atoms with Crippen LogP contribution >= 0.6 is 0 Å². The highest BCUT2D eigenvalue weighted by atomic mass is 16.7. The zero-order valence-corrected chi connectivity index (χ0v) is 14.1. The predicted octanol–water partition coefficient (Wildman–Crippen LogP) is 2.17. The lowest BCUT2D eigenvalue weighted by Crippen LogP contribution is -2.47. The van der Waals surface area contributed by atoms with Gasteiger partial charge in [-0.25, -0.2) is 0 Å². The molecule has 0 aliphatic carbocycles. The molecule has 128 valence electrons. The van der Waals surface area contributed by atoms with Crippen molar-refractivity contribution in [2.75, 3.05) is 33.4 Å². The highest BCUT2D eigenvalue weighted by molar-refractivity contribution is 5.99. The van der Waals surface area contributed by atoms with Crippen LogP contribution in [0.15, 0.2) is 24.3 Å². The van der Waals surface area contributed by atoms with Crippen molar-refractivity contribution in [3.8, 4) is 5.75 Å². The summed E-state index contributed by atoms with van der Waals surface area (Å²) in [5, 5.41) is 1.04. The number of amides is 1. The monoisotopic (exact) mass is 330 g/mol. The maximum Gasteiger partial charge on any atom is 0.270 e. The average molecular weight is 330 g/mol. The Labute approximate surface area is 140 Å². The molecule has 0 atom stereocenters. The summed E-state index contributed by atoms with van der Waals surface area (Å²) in [6.45, 7) is 2.62. The summed E-state index contributed by atoms with van der Waals surface area (Å²) >= 11 is 0. The molecule has 6 heteroatoms. The number of aryl methyl sites for hydroxylation is 1. The molecule has 0 N–H and O–H groups in total. The molecule has 4 rings (SSSR count). The summed E-state index contributed by atoms with van der Waals surface area (Å²) in [4.78, 5) is 14.8. The molecule has 1 spiro atoms. The number of likely N-dealkylation sites (tertiary alicyclic amines) is 1. The Morgan fingerprint density at radius 1 is 1.17 bits per heavy atom. The van der Waals surface area contributed by atoms with Gasteiger partial charge in [-0.3, -0.25) is 4.79 Å². The van der Waals surface area contributed by atoms with Crippen molar-refractivity contribution in [3.05, 3.63) is 30.0 Å². The number of ether oxygens (including phenoxy) is 3. The van der Waals surface area contributed by atoms with E-state index in [1.807, 2.05) is 40.8 Å². The van der Waals surface area contributed by atoms with Crippen LogP contribution in [0.1, 0.15) is 23.3 Å². The lowest BCUT2D eigenvalue weighted by atomic mass is 10.0. The zero-order chi connectivity index (χ0) is 16.7. The van der Waals surface area contributed by atoms with E-state index in [1.54, 1.807) is 7.11 Å². The molecule has 2 aromatic rings. The molecular weight excluding hydrogens is 308 g/mol. The maximum atomic E-state index is 12.9. The topological polar surface area (TPSA) is 52.9 Å². The summed E-state index contributed by atoms with van der Waals surface area (Å²) in [6, 6.07) is 7.80. The van der Waals surface area contributed by atoms with Gasteiger partial charge < -0.3 is 23.7 Å². The molecule has 2 aliphatic heterocycles. The number of methoxy groups -OCH3 is 1. The first-order valence-corrected chi connectivity index (χ1v) is 8.33. The van der Waals surface area contributed by atoms with Crippen LogP contribution in [0, 0.1) is 0 Å². The van der Waals surface area contributed by atoms with Crippen LogP contribution in [0.2, 0.25) is 0 Å². The van der Waals surface area contributed by atoms with E-state index in [1.165, 1.54) is 0 Å². The van der Waals surface area contributed by atoms with E-state index in [9.17, 15) is 4.79 Å². The minimum Gasteiger partial charge on any atom is -0.497 e. The fourth-order valence-corrected chi connectivity index (χ4v) is 3.64. The fourth-order valence-electron chi connectivity index (χ4n) is 3.64. The number of nitrogens with zero attached hydrogens (tertiary/aromatic N) is 2. The standard InChI is InChI=1S/C18H22N2O4/c1-19-15-12-14(22-2)4-3-13(15)11-16(19)17(21)20-7-5-18(6-8-20)23-9-10-24-18/h3-4,11-12H,5-10H2,1-2H3. The summed E-state index contributed by atoms with van der Waals surface area (Å²) in [6.07, 6.45) is 1.47. The van der Waals surface area contributed by atoms with E-state index >= 15 is 0 Å². The van der Waals surface area contributed by atoms with E-state index in [2.05, 4.69) is 0 Å². The first-order chi connectivity index (χ1) is 11.6. The van der Waals surface area contributed by atoms with Crippen molar-refractivity contribution in [1.29, 1.82) is 0 Å². The molecule has 0 bridgehead atoms. The molecule has 2 fully saturated rings. The van der Waals surface area contributed by atoms with Crippen molar-refractivity contribution in [2.24, 2.45) is 7.05 Å². The average Bonchev–Trinajstić information content (AvgIpc) is 3.20. The maximum absolute atomic E-state index is 12.9. The van der Waals surface area contributed by atoms with Gasteiger partial charge in [0.05, 0.1) is 25.8 Å². The molecule has 0 radical (unpaired) electrons. The molecule has 0 saturated carbocycles. The Bertz CT molecular complexity index is 767. The third-order valence-electron chi connectivity index (χ3n) is 5.10. The number of hydrogen-bond donors (Lipinski definition) is 0. The van der Waals surface area contributed by atoms with E-state index in [0.717, 1.165) is 29.5 Å². The molecule has 1 aromatic carbocycles. The molecule has 2 aliphatic rings. The first kappa shape index (κ1) is 15.5. The number of benzene rings is 1. The van der Waals surface area contributed by atoms with Gasteiger partial charge in [-0.1, -0.05) is 0 Å². The normalized spacial score (nSPS) is 20.0. The second-order valence-electron chi connectivity index (χ2n) is 6.41. The molecule has 6 nitrogen and oxygen atoms in total. The van der Waals surface area contributed by atoms with Gasteiger partial charge in [0.15, 0.2) is 5.79 Å². The highest BCUT2D eigenvalue weighted by Crippen LogP contribution is 2.32. The number of aromatic nitrogens is 1. The second kappa shape index (κ2) is 5.79. The molecule has 3 heterocycles. The molecular formula is C18H22N2O4. The Balaban J connectivity index is 1.56. The van der Waals surface area contributed by atoms with E-state index < -0.39 is 5.79 Å². The minimum absolute atomic E-state index is 0.0560. The summed E-state index contributed by atoms with van der Waals surface area (Å²) < 4.78 is 18.7. The number of piperidine rings is 1. The van der Waals surface area contributed by atoms with Crippen LogP contribution < -0.4 is 4.74 Å². The van der Waals surface area contributed by atoms with Crippen molar-refractivity contribution < 1.29 is 19.0 Å². The van der Waals surface area contributed by atoms with Crippen molar-refractivity contribution in [3.63, 3.8) is 0 Å². The smallest absolute Gasteiger partial charge is 0.270 e. The van der Waals surface area contributed by atoms with Gasteiger partial charge in [-0.2, -0.15) is 0 Å². The Kier molecular flexibility index (Phi) is 3.73. The summed E-state index contributed by atoms with van der Waals surface area (Å²) in [7, 11) is 3.57. The van der Waals surface area contributed by atoms with Gasteiger partial charge in [-0.05, 0) is 18.2 Å². The SMILES string of the molecule is COc1ccc2cc(C(=O)N3CCC4(CC3)OCCO4)n(C)c2c1. The van der Waals surface area contributed by atoms with Crippen LogP contribution in [0.3, 0.4) is 0 Å². The molecule has 0 unspecified atom stereocenters. The van der Waals surface area contributed by atoms with Crippen LogP contribution in [-0.2, 0) is 16.5 Å². The summed E-state index contributed by atoms with van der Waals surface area (Å²) in [5.74, 6) is 0.391. The van der Waals surface area contributed by atoms with Crippen LogP contribution in [0.4, 0.5) is 0 Å². The number of rotatable bonds is 2. The van der Waals surface area contributed by atoms with Crippen molar-refractivity contribution in [2.45, 2.75) is 18.6 Å². The second-order valence-corrected chi connectivity index (χ2v) is 6.41. The largest absolute Gasteiger partial charge is 0.497 e. The van der Waals surface area contributed by atoms with Gasteiger partial charge in [0.1, 0.15) is 11.4 Å². The molecule has 1 aromatic heterocycles. The van der Waals surface area contributed by atoms with Crippen molar-refractivity contribution in [1.82, 2.24) is 9.47 Å². The quantitative estimate of drug-likeness (QED) is 0.847. The van der Waals surface area contributed by atoms with Gasteiger partial charge in [0, 0.05) is 44.4 Å². The Hall–Kier alpha value is -2.05. The number of carbonyl (C=O) groups is 1. The number of fused-ring (bicyclic) bond motifs is 1. The van der Waals surface area contributed by atoms with Gasteiger partial charge in [0.25, 0.3) is 5.91 Å². The van der Waals surface area contributed by atoms with Gasteiger partial charge in [0.2, 0.25) is 0 Å². The third-order valence-corrected chi connectivity index (χ3v) is 5.10. The molecule has 1 amide bonds. The highest BCUT2D eigenvalue weighted by Gasteiger charge is 2.41. The number of carbonyl (C=O) groups excluding carboxylic acids is 1. The first-order valence-electron chi connectivity index (χ1n) is 8.33. The molecule has 2 saturated heterocycles. The third kappa shape index (κ3) is 2.46.